The summed E-state index contributed by atoms with van der Waals surface area (Å²) in [6, 6.07) is 0. The molecule has 0 amide bonds. The van der Waals surface area contributed by atoms with Gasteiger partial charge in [0.15, 0.2) is 6.23 Å². The van der Waals surface area contributed by atoms with Gasteiger partial charge in [-0.1, -0.05) is 11.6 Å². The highest BCUT2D eigenvalue weighted by Crippen LogP contribution is 2.28. The van der Waals surface area contributed by atoms with Crippen LogP contribution < -0.4 is 5.56 Å². The Labute approximate surface area is 123 Å². The lowest BCUT2D eigenvalue weighted by Crippen LogP contribution is -2.37. The number of hydrogen-bond acceptors (Lipinski definition) is 8. The average molecular weight is 321 g/mol. The van der Waals surface area contributed by atoms with E-state index in [9.17, 15) is 19.8 Å². The fraction of sp³-hybridized carbons (Fsp3) is 0.545. The van der Waals surface area contributed by atoms with Gasteiger partial charge < -0.3 is 24.8 Å². The van der Waals surface area contributed by atoms with Crippen LogP contribution in [0.1, 0.15) is 16.7 Å². The van der Waals surface area contributed by atoms with Crippen LogP contribution in [0.15, 0.2) is 11.0 Å². The summed E-state index contributed by atoms with van der Waals surface area (Å²) in [5.41, 5.74) is -1.48. The Morgan fingerprint density at radius 3 is 2.71 bits per heavy atom. The highest BCUT2D eigenvalue weighted by molar-refractivity contribution is 6.29. The number of carbonyl (C=O) groups is 1. The smallest absolute Gasteiger partial charge is 0.362 e. The van der Waals surface area contributed by atoms with Crippen molar-refractivity contribution in [3.8, 4) is 0 Å². The Morgan fingerprint density at radius 1 is 1.52 bits per heavy atom. The van der Waals surface area contributed by atoms with Crippen LogP contribution in [0.4, 0.5) is 0 Å². The second-order valence-electron chi connectivity index (χ2n) is 4.35. The molecule has 1 fully saturated rings. The number of nitrogens with zero attached hydrogens (tertiary/aromatic N) is 2. The van der Waals surface area contributed by atoms with E-state index in [1.165, 1.54) is 0 Å². The minimum absolute atomic E-state index is 0.201. The first-order chi connectivity index (χ1) is 9.90. The van der Waals surface area contributed by atoms with E-state index in [1.807, 2.05) is 0 Å². The first-order valence-electron chi connectivity index (χ1n) is 5.90. The Hall–Kier alpha value is -1.52. The Balaban J connectivity index is 2.48. The largest absolute Gasteiger partial charge is 0.464 e. The molecule has 4 unspecified atom stereocenters. The van der Waals surface area contributed by atoms with E-state index in [2.05, 4.69) is 9.72 Å². The van der Waals surface area contributed by atoms with Crippen LogP contribution in [-0.2, 0) is 9.47 Å². The van der Waals surface area contributed by atoms with Crippen molar-refractivity contribution in [3.63, 3.8) is 0 Å². The van der Waals surface area contributed by atoms with E-state index < -0.39 is 48.4 Å². The SMILES string of the molecule is COC(=O)c1nc(Cl)cn(C2OC(CO)C(O)C2O)c1=O. The van der Waals surface area contributed by atoms with E-state index in [-0.39, 0.29) is 5.15 Å². The van der Waals surface area contributed by atoms with Gasteiger partial charge in [0.05, 0.1) is 13.7 Å². The van der Waals surface area contributed by atoms with Crippen molar-refractivity contribution in [1.82, 2.24) is 9.55 Å². The molecule has 1 saturated heterocycles. The molecule has 3 N–H and O–H groups in total. The molecule has 116 valence electrons. The maximum atomic E-state index is 12.2. The fourth-order valence-corrected chi connectivity index (χ4v) is 2.20. The fourth-order valence-electron chi connectivity index (χ4n) is 2.01. The van der Waals surface area contributed by atoms with Crippen LogP contribution in [0.2, 0.25) is 5.15 Å². The molecule has 0 spiro atoms. The standard InChI is InChI=1S/C11H13ClN2O7/c1-20-11(19)6-9(18)14(2-5(12)13-6)10-8(17)7(16)4(3-15)21-10/h2,4,7-8,10,15-17H,3H2,1H3. The van der Waals surface area contributed by atoms with Crippen molar-refractivity contribution in [2.24, 2.45) is 0 Å². The van der Waals surface area contributed by atoms with E-state index >= 15 is 0 Å². The van der Waals surface area contributed by atoms with Crippen molar-refractivity contribution in [2.75, 3.05) is 13.7 Å². The van der Waals surface area contributed by atoms with Crippen LogP contribution in [0, 0.1) is 0 Å². The molecule has 0 bridgehead atoms. The van der Waals surface area contributed by atoms with Crippen LogP contribution >= 0.6 is 11.6 Å². The third-order valence-electron chi connectivity index (χ3n) is 3.07. The molecule has 1 aromatic heterocycles. The summed E-state index contributed by atoms with van der Waals surface area (Å²) in [5, 5.41) is 28.4. The summed E-state index contributed by atoms with van der Waals surface area (Å²) < 4.78 is 10.4. The van der Waals surface area contributed by atoms with E-state index in [0.717, 1.165) is 17.9 Å². The number of halogens is 1. The molecule has 1 aromatic rings. The molecule has 2 heterocycles. The second kappa shape index (κ2) is 6.08. The molecular formula is C11H13ClN2O7. The molecule has 2 rings (SSSR count). The summed E-state index contributed by atoms with van der Waals surface area (Å²) in [6.45, 7) is -0.549. The lowest BCUT2D eigenvalue weighted by atomic mass is 10.1. The van der Waals surface area contributed by atoms with Gasteiger partial charge >= 0.3 is 5.97 Å². The highest BCUT2D eigenvalue weighted by Gasteiger charge is 2.44. The molecule has 1 aliphatic rings. The first kappa shape index (κ1) is 15.9. The third kappa shape index (κ3) is 2.78. The minimum atomic E-state index is -1.48. The molecule has 0 radical (unpaired) electrons. The van der Waals surface area contributed by atoms with Gasteiger partial charge in [0.1, 0.15) is 23.5 Å². The summed E-state index contributed by atoms with van der Waals surface area (Å²) in [6.07, 6.45) is -4.19. The highest BCUT2D eigenvalue weighted by atomic mass is 35.5. The molecule has 1 aliphatic heterocycles. The summed E-state index contributed by atoms with van der Waals surface area (Å²) >= 11 is 5.73. The molecule has 0 aliphatic carbocycles. The number of aromatic nitrogens is 2. The number of esters is 1. The molecule has 0 saturated carbocycles. The molecular weight excluding hydrogens is 308 g/mol. The predicted molar refractivity (Wildman–Crippen MR) is 67.9 cm³/mol. The van der Waals surface area contributed by atoms with Gasteiger partial charge in [-0.2, -0.15) is 0 Å². The molecule has 9 nitrogen and oxygen atoms in total. The molecule has 0 aromatic carbocycles. The van der Waals surface area contributed by atoms with Crippen LogP contribution in [0.25, 0.3) is 0 Å². The topological polar surface area (TPSA) is 131 Å². The summed E-state index contributed by atoms with van der Waals surface area (Å²) in [4.78, 5) is 27.2. The maximum absolute atomic E-state index is 12.2. The van der Waals surface area contributed by atoms with Gasteiger partial charge in [-0.3, -0.25) is 9.36 Å². The van der Waals surface area contributed by atoms with Gasteiger partial charge in [0.25, 0.3) is 5.56 Å². The molecule has 21 heavy (non-hydrogen) atoms. The van der Waals surface area contributed by atoms with Crippen molar-refractivity contribution < 1.29 is 29.6 Å². The number of aliphatic hydroxyl groups is 3. The first-order valence-corrected chi connectivity index (χ1v) is 6.28. The predicted octanol–water partition coefficient (Wildman–Crippen LogP) is -1.71. The number of aliphatic hydroxyl groups excluding tert-OH is 3. The van der Waals surface area contributed by atoms with Crippen LogP contribution in [0.3, 0.4) is 0 Å². The van der Waals surface area contributed by atoms with Crippen LogP contribution in [0.5, 0.6) is 0 Å². The Morgan fingerprint density at radius 2 is 2.19 bits per heavy atom. The molecule has 4 atom stereocenters. The summed E-state index contributed by atoms with van der Waals surface area (Å²) in [7, 11) is 1.07. The van der Waals surface area contributed by atoms with Gasteiger partial charge in [-0.15, -0.1) is 0 Å². The lowest BCUT2D eigenvalue weighted by molar-refractivity contribution is -0.0546. The zero-order valence-corrected chi connectivity index (χ0v) is 11.6. The third-order valence-corrected chi connectivity index (χ3v) is 3.25. The summed E-state index contributed by atoms with van der Waals surface area (Å²) in [5.74, 6) is -0.997. The van der Waals surface area contributed by atoms with Crippen molar-refractivity contribution in [1.29, 1.82) is 0 Å². The van der Waals surface area contributed by atoms with E-state index in [4.69, 9.17) is 21.4 Å². The quantitative estimate of drug-likeness (QED) is 0.561. The zero-order valence-electron chi connectivity index (χ0n) is 10.8. The number of rotatable bonds is 3. The van der Waals surface area contributed by atoms with Crippen molar-refractivity contribution in [2.45, 2.75) is 24.5 Å². The van der Waals surface area contributed by atoms with Gasteiger partial charge in [-0.25, -0.2) is 9.78 Å². The van der Waals surface area contributed by atoms with Crippen molar-refractivity contribution in [3.05, 3.63) is 27.4 Å². The zero-order chi connectivity index (χ0) is 15.7. The lowest BCUT2D eigenvalue weighted by Gasteiger charge is -2.18. The van der Waals surface area contributed by atoms with Gasteiger partial charge in [0.2, 0.25) is 5.69 Å². The molecule has 10 heteroatoms. The second-order valence-corrected chi connectivity index (χ2v) is 4.73. The van der Waals surface area contributed by atoms with Crippen LogP contribution in [-0.4, -0.2) is 62.9 Å². The number of carbonyl (C=O) groups excluding carboxylic acids is 1. The number of ether oxygens (including phenoxy) is 2. The van der Waals surface area contributed by atoms with Crippen molar-refractivity contribution >= 4 is 17.6 Å². The average Bonchev–Trinajstić information content (AvgIpc) is 2.76. The van der Waals surface area contributed by atoms with E-state index in [0.29, 0.717) is 0 Å². The normalized spacial score (nSPS) is 28.6. The maximum Gasteiger partial charge on any atom is 0.362 e. The van der Waals surface area contributed by atoms with Gasteiger partial charge in [-0.05, 0) is 0 Å². The number of hydrogen-bond donors (Lipinski definition) is 3. The number of methoxy groups -OCH3 is 1. The monoisotopic (exact) mass is 320 g/mol. The Kier molecular flexibility index (Phi) is 4.59. The van der Waals surface area contributed by atoms with Gasteiger partial charge in [0, 0.05) is 6.20 Å². The van der Waals surface area contributed by atoms with E-state index in [1.54, 1.807) is 0 Å². The Bertz CT molecular complexity index is 605. The minimum Gasteiger partial charge on any atom is -0.464 e.